The first-order valence-electron chi connectivity index (χ1n) is 5.14. The molecule has 0 fully saturated rings. The van der Waals surface area contributed by atoms with Crippen LogP contribution in [0.5, 0.6) is 5.75 Å². The van der Waals surface area contributed by atoms with Crippen LogP contribution in [0.4, 0.5) is 0 Å². The Kier molecular flexibility index (Phi) is 6.81. The van der Waals surface area contributed by atoms with Crippen molar-refractivity contribution in [3.8, 4) is 5.75 Å². The van der Waals surface area contributed by atoms with Crippen molar-refractivity contribution in [3.05, 3.63) is 41.4 Å². The fraction of sp³-hybridized carbons (Fsp3) is 0.250. The normalized spacial score (nSPS) is 11.2. The summed E-state index contributed by atoms with van der Waals surface area (Å²) in [4.78, 5) is 4.08. The van der Waals surface area contributed by atoms with Crippen LogP contribution in [0.3, 0.4) is 0 Å². The third-order valence-electron chi connectivity index (χ3n) is 1.79. The quantitative estimate of drug-likeness (QED) is 0.380. The van der Waals surface area contributed by atoms with Gasteiger partial charge < -0.3 is 10.5 Å². The topological polar surface area (TPSA) is 47.6 Å². The number of rotatable bonds is 6. The van der Waals surface area contributed by atoms with Gasteiger partial charge in [0.25, 0.3) is 0 Å². The summed E-state index contributed by atoms with van der Waals surface area (Å²) in [6.07, 6.45) is 1.71. The molecule has 0 bridgehead atoms. The molecule has 0 aliphatic carbocycles. The lowest BCUT2D eigenvalue weighted by molar-refractivity contribution is 0.344. The van der Waals surface area contributed by atoms with Gasteiger partial charge in [0, 0.05) is 10.2 Å². The first-order chi connectivity index (χ1) is 8.22. The van der Waals surface area contributed by atoms with E-state index in [9.17, 15) is 0 Å². The second-order valence-corrected chi connectivity index (χ2v) is 5.15. The van der Waals surface area contributed by atoms with E-state index in [0.29, 0.717) is 18.3 Å². The lowest BCUT2D eigenvalue weighted by Crippen LogP contribution is -2.10. The minimum Gasteiger partial charge on any atom is -0.493 e. The maximum Gasteiger partial charge on any atom is 0.154 e. The average molecular weight is 315 g/mol. The van der Waals surface area contributed by atoms with Crippen LogP contribution in [0, 0.1) is 0 Å². The molecule has 1 rings (SSSR count). The van der Waals surface area contributed by atoms with Gasteiger partial charge in [0.05, 0.1) is 13.2 Å². The Balaban J connectivity index is 2.20. The zero-order chi connectivity index (χ0) is 12.5. The molecule has 0 radical (unpaired) electrons. The minimum atomic E-state index is 0.562. The average Bonchev–Trinajstić information content (AvgIpc) is 2.34. The van der Waals surface area contributed by atoms with Crippen LogP contribution in [0.15, 0.2) is 46.4 Å². The molecule has 92 valence electrons. The largest absolute Gasteiger partial charge is 0.493 e. The maximum atomic E-state index is 5.66. The molecule has 0 atom stereocenters. The number of halogens is 1. The summed E-state index contributed by atoms with van der Waals surface area (Å²) in [7, 11) is 0. The highest BCUT2D eigenvalue weighted by Crippen LogP contribution is 2.16. The van der Waals surface area contributed by atoms with Crippen LogP contribution in [-0.2, 0) is 0 Å². The van der Waals surface area contributed by atoms with Gasteiger partial charge in [0.2, 0.25) is 0 Å². The van der Waals surface area contributed by atoms with Crippen molar-refractivity contribution in [1.29, 1.82) is 0 Å². The number of nitrogens with two attached hydrogens (primary N) is 1. The van der Waals surface area contributed by atoms with E-state index >= 15 is 0 Å². The van der Waals surface area contributed by atoms with Crippen LogP contribution in [0.1, 0.15) is 0 Å². The van der Waals surface area contributed by atoms with E-state index in [4.69, 9.17) is 10.5 Å². The molecule has 0 spiro atoms. The summed E-state index contributed by atoms with van der Waals surface area (Å²) < 4.78 is 6.59. The second kappa shape index (κ2) is 8.20. The highest BCUT2D eigenvalue weighted by atomic mass is 79.9. The molecule has 1 aromatic rings. The van der Waals surface area contributed by atoms with E-state index in [-0.39, 0.29) is 0 Å². The molecule has 2 N–H and O–H groups in total. The Labute approximate surface area is 114 Å². The number of ether oxygens (including phenoxy) is 1. The molecule has 0 amide bonds. The van der Waals surface area contributed by atoms with Gasteiger partial charge in [-0.25, -0.2) is 0 Å². The molecule has 17 heavy (non-hydrogen) atoms. The third-order valence-corrected chi connectivity index (χ3v) is 3.12. The van der Waals surface area contributed by atoms with Gasteiger partial charge >= 0.3 is 0 Å². The zero-order valence-electron chi connectivity index (χ0n) is 9.43. The minimum absolute atomic E-state index is 0.562. The molecular weight excluding hydrogens is 300 g/mol. The monoisotopic (exact) mass is 314 g/mol. The number of thioether (sulfide) groups is 1. The first-order valence-corrected chi connectivity index (χ1v) is 6.92. The molecular formula is C12H15BrN2OS. The van der Waals surface area contributed by atoms with Gasteiger partial charge in [0.1, 0.15) is 5.75 Å². The number of benzene rings is 1. The zero-order valence-corrected chi connectivity index (χ0v) is 11.8. The first kappa shape index (κ1) is 14.1. The molecule has 0 heterocycles. The highest BCUT2D eigenvalue weighted by Gasteiger charge is 1.96. The molecule has 3 nitrogen and oxygen atoms in total. The van der Waals surface area contributed by atoms with Gasteiger partial charge in [-0.2, -0.15) is 0 Å². The number of amidine groups is 1. The van der Waals surface area contributed by atoms with Gasteiger partial charge in [-0.3, -0.25) is 4.99 Å². The van der Waals surface area contributed by atoms with Gasteiger partial charge in [0.15, 0.2) is 5.17 Å². The molecule has 1 aromatic carbocycles. The van der Waals surface area contributed by atoms with Gasteiger partial charge in [-0.05, 0) is 24.3 Å². The van der Waals surface area contributed by atoms with Crippen LogP contribution >= 0.6 is 27.7 Å². The molecule has 0 aliphatic rings. The molecule has 0 aromatic heterocycles. The number of nitrogens with zero attached hydrogens (tertiary/aromatic N) is 1. The standard InChI is InChI=1S/C12H15BrN2OS/c1-2-7-15-12(14)17-9-8-16-11-5-3-10(13)4-6-11/h2-6H,1,7-9H2,(H2,14,15). The summed E-state index contributed by atoms with van der Waals surface area (Å²) in [6, 6.07) is 7.73. The predicted molar refractivity (Wildman–Crippen MR) is 78.8 cm³/mol. The summed E-state index contributed by atoms with van der Waals surface area (Å²) in [6.45, 7) is 4.75. The van der Waals surface area contributed by atoms with Gasteiger partial charge in [-0.15, -0.1) is 6.58 Å². The van der Waals surface area contributed by atoms with Gasteiger partial charge in [-0.1, -0.05) is 33.8 Å². The molecule has 0 aliphatic heterocycles. The van der Waals surface area contributed by atoms with E-state index in [2.05, 4.69) is 27.5 Å². The van der Waals surface area contributed by atoms with Crippen molar-refractivity contribution in [3.63, 3.8) is 0 Å². The lowest BCUT2D eigenvalue weighted by atomic mass is 10.3. The summed E-state index contributed by atoms with van der Waals surface area (Å²) in [5.74, 6) is 1.64. The Morgan fingerprint density at radius 2 is 2.18 bits per heavy atom. The van der Waals surface area contributed by atoms with Crippen LogP contribution in [0.25, 0.3) is 0 Å². The Morgan fingerprint density at radius 1 is 1.47 bits per heavy atom. The predicted octanol–water partition coefficient (Wildman–Crippen LogP) is 3.06. The molecule has 5 heteroatoms. The van der Waals surface area contributed by atoms with E-state index in [1.807, 2.05) is 24.3 Å². The SMILES string of the molecule is C=CCN=C(N)SCCOc1ccc(Br)cc1. The number of aliphatic imine (C=N–C) groups is 1. The van der Waals surface area contributed by atoms with Crippen LogP contribution in [0.2, 0.25) is 0 Å². The fourth-order valence-electron chi connectivity index (χ4n) is 1.04. The smallest absolute Gasteiger partial charge is 0.154 e. The van der Waals surface area contributed by atoms with Crippen LogP contribution in [-0.4, -0.2) is 24.1 Å². The number of hydrogen-bond donors (Lipinski definition) is 1. The molecule has 0 saturated carbocycles. The van der Waals surface area contributed by atoms with E-state index in [1.54, 1.807) is 6.08 Å². The van der Waals surface area contributed by atoms with Crippen molar-refractivity contribution in [2.75, 3.05) is 18.9 Å². The summed E-state index contributed by atoms with van der Waals surface area (Å²) in [5.41, 5.74) is 5.66. The Hall–Kier alpha value is -0.940. The van der Waals surface area contributed by atoms with Crippen molar-refractivity contribution in [2.45, 2.75) is 0 Å². The maximum absolute atomic E-state index is 5.66. The van der Waals surface area contributed by atoms with Crippen molar-refractivity contribution >= 4 is 32.9 Å². The molecule has 0 saturated heterocycles. The number of hydrogen-bond acceptors (Lipinski definition) is 3. The van der Waals surface area contributed by atoms with Crippen molar-refractivity contribution in [1.82, 2.24) is 0 Å². The summed E-state index contributed by atoms with van der Waals surface area (Å²) >= 11 is 4.85. The fourth-order valence-corrected chi connectivity index (χ4v) is 1.84. The Bertz CT molecular complexity index is 379. The van der Waals surface area contributed by atoms with E-state index in [0.717, 1.165) is 16.0 Å². The van der Waals surface area contributed by atoms with E-state index in [1.165, 1.54) is 11.8 Å². The van der Waals surface area contributed by atoms with E-state index < -0.39 is 0 Å². The Morgan fingerprint density at radius 3 is 2.82 bits per heavy atom. The third kappa shape index (κ3) is 6.38. The van der Waals surface area contributed by atoms with Crippen molar-refractivity contribution in [2.24, 2.45) is 10.7 Å². The van der Waals surface area contributed by atoms with Crippen LogP contribution < -0.4 is 10.5 Å². The van der Waals surface area contributed by atoms with Crippen molar-refractivity contribution < 1.29 is 4.74 Å². The molecule has 0 unspecified atom stereocenters. The lowest BCUT2D eigenvalue weighted by Gasteiger charge is -2.05. The highest BCUT2D eigenvalue weighted by molar-refractivity contribution is 9.10. The summed E-state index contributed by atoms with van der Waals surface area (Å²) in [5, 5.41) is 0.573. The second-order valence-electron chi connectivity index (χ2n) is 3.12.